The maximum atomic E-state index is 12.6. The number of hydrogen-bond acceptors (Lipinski definition) is 4. The molecule has 0 aliphatic heterocycles. The van der Waals surface area contributed by atoms with Gasteiger partial charge in [-0.1, -0.05) is 28.1 Å². The zero-order valence-corrected chi connectivity index (χ0v) is 13.1. The first-order valence-corrected chi connectivity index (χ1v) is 8.05. The van der Waals surface area contributed by atoms with Crippen LogP contribution in [0.25, 0.3) is 0 Å². The van der Waals surface area contributed by atoms with E-state index in [1.807, 2.05) is 24.3 Å². The van der Waals surface area contributed by atoms with Crippen molar-refractivity contribution in [2.45, 2.75) is 17.6 Å². The molecule has 1 aliphatic carbocycles. The number of benzene rings is 1. The van der Waals surface area contributed by atoms with Crippen molar-refractivity contribution in [3.63, 3.8) is 0 Å². The lowest BCUT2D eigenvalue weighted by molar-refractivity contribution is -0.110. The maximum absolute atomic E-state index is 12.6. The minimum absolute atomic E-state index is 0.0727. The standard InChI is InChI=1S/C12H15BrNO4P/c1-17-19(16,18-2)12(14-8-15)7-11(12)9-3-5-10(13)6-4-9/h3-6,8,11H,7H2,1-2H3,(H,14,15)/t11-,12-/m1/s1. The van der Waals surface area contributed by atoms with Crippen molar-refractivity contribution in [1.29, 1.82) is 0 Å². The molecule has 1 saturated carbocycles. The van der Waals surface area contributed by atoms with Gasteiger partial charge >= 0.3 is 7.60 Å². The molecular formula is C12H15BrNO4P. The molecule has 2 atom stereocenters. The Kier molecular flexibility index (Phi) is 4.16. The Balaban J connectivity index is 2.33. The molecule has 1 fully saturated rings. The lowest BCUT2D eigenvalue weighted by Crippen LogP contribution is -2.33. The number of nitrogens with one attached hydrogen (secondary N) is 1. The Morgan fingerprint density at radius 3 is 2.42 bits per heavy atom. The minimum Gasteiger partial charge on any atom is -0.342 e. The van der Waals surface area contributed by atoms with Gasteiger partial charge in [-0.2, -0.15) is 0 Å². The van der Waals surface area contributed by atoms with Gasteiger partial charge in [0.05, 0.1) is 0 Å². The molecule has 0 bridgehead atoms. The predicted molar refractivity (Wildman–Crippen MR) is 75.1 cm³/mol. The van der Waals surface area contributed by atoms with Gasteiger partial charge in [0.1, 0.15) is 5.28 Å². The third kappa shape index (κ3) is 2.38. The molecule has 1 aromatic rings. The summed E-state index contributed by atoms with van der Waals surface area (Å²) in [5.74, 6) is -0.0727. The average Bonchev–Trinajstić information content (AvgIpc) is 3.15. The molecule has 0 spiro atoms. The quantitative estimate of drug-likeness (QED) is 0.634. The fourth-order valence-corrected chi connectivity index (χ4v) is 4.60. The summed E-state index contributed by atoms with van der Waals surface area (Å²) in [5, 5.41) is 1.68. The van der Waals surface area contributed by atoms with E-state index in [9.17, 15) is 9.36 Å². The van der Waals surface area contributed by atoms with E-state index in [1.165, 1.54) is 14.2 Å². The number of amides is 1. The summed E-state index contributed by atoms with van der Waals surface area (Å²) in [4.78, 5) is 10.8. The molecule has 0 saturated heterocycles. The average molecular weight is 348 g/mol. The van der Waals surface area contributed by atoms with Gasteiger partial charge in [-0.05, 0) is 24.1 Å². The largest absolute Gasteiger partial charge is 0.355 e. The van der Waals surface area contributed by atoms with Crippen LogP contribution >= 0.6 is 23.5 Å². The van der Waals surface area contributed by atoms with Crippen molar-refractivity contribution in [2.75, 3.05) is 14.2 Å². The Hall–Kier alpha value is -0.680. The summed E-state index contributed by atoms with van der Waals surface area (Å²) < 4.78 is 23.7. The van der Waals surface area contributed by atoms with E-state index < -0.39 is 12.9 Å². The van der Waals surface area contributed by atoms with Gasteiger partial charge in [-0.3, -0.25) is 9.36 Å². The van der Waals surface area contributed by atoms with Gasteiger partial charge in [-0.25, -0.2) is 0 Å². The predicted octanol–water partition coefficient (Wildman–Crippen LogP) is 2.86. The third-order valence-electron chi connectivity index (χ3n) is 3.48. The molecule has 1 aromatic carbocycles. The fourth-order valence-electron chi connectivity index (χ4n) is 2.38. The smallest absolute Gasteiger partial charge is 0.342 e. The topological polar surface area (TPSA) is 64.6 Å². The molecule has 5 nitrogen and oxygen atoms in total. The van der Waals surface area contributed by atoms with Crippen LogP contribution in [0.3, 0.4) is 0 Å². The molecule has 7 heteroatoms. The highest BCUT2D eigenvalue weighted by molar-refractivity contribution is 9.10. The number of rotatable bonds is 6. The number of halogens is 1. The molecule has 2 rings (SSSR count). The van der Waals surface area contributed by atoms with Crippen LogP contribution < -0.4 is 5.32 Å². The van der Waals surface area contributed by atoms with Gasteiger partial charge in [0, 0.05) is 24.6 Å². The summed E-state index contributed by atoms with van der Waals surface area (Å²) >= 11 is 3.37. The lowest BCUT2D eigenvalue weighted by Gasteiger charge is -2.24. The van der Waals surface area contributed by atoms with Crippen LogP contribution in [0.2, 0.25) is 0 Å². The van der Waals surface area contributed by atoms with Crippen LogP contribution in [0.5, 0.6) is 0 Å². The Labute approximate surface area is 120 Å². The summed E-state index contributed by atoms with van der Waals surface area (Å²) in [6.07, 6.45) is 1.08. The van der Waals surface area contributed by atoms with Crippen molar-refractivity contribution >= 4 is 29.9 Å². The molecule has 1 N–H and O–H groups in total. The second-order valence-corrected chi connectivity index (χ2v) is 7.80. The normalized spacial score (nSPS) is 25.9. The Morgan fingerprint density at radius 1 is 1.37 bits per heavy atom. The first kappa shape index (κ1) is 14.7. The zero-order chi connectivity index (χ0) is 14.1. The maximum Gasteiger partial charge on any atom is 0.355 e. The Morgan fingerprint density at radius 2 is 1.95 bits per heavy atom. The number of carbonyl (C=O) groups is 1. The molecule has 1 aliphatic rings. The van der Waals surface area contributed by atoms with Crippen molar-refractivity contribution in [3.05, 3.63) is 34.3 Å². The van der Waals surface area contributed by atoms with Crippen LogP contribution in [0.4, 0.5) is 0 Å². The molecule has 0 heterocycles. The van der Waals surface area contributed by atoms with E-state index in [2.05, 4.69) is 21.2 Å². The molecule has 104 valence electrons. The summed E-state index contributed by atoms with van der Waals surface area (Å²) in [6, 6.07) is 7.67. The fraction of sp³-hybridized carbons (Fsp3) is 0.417. The monoisotopic (exact) mass is 347 g/mol. The first-order chi connectivity index (χ1) is 9.03. The van der Waals surface area contributed by atoms with Gasteiger partial charge in [0.15, 0.2) is 0 Å². The van der Waals surface area contributed by atoms with Gasteiger partial charge < -0.3 is 14.4 Å². The van der Waals surface area contributed by atoms with E-state index >= 15 is 0 Å². The molecule has 1 amide bonds. The van der Waals surface area contributed by atoms with Crippen molar-refractivity contribution in [3.8, 4) is 0 Å². The van der Waals surface area contributed by atoms with Crippen LogP contribution in [-0.2, 0) is 18.4 Å². The van der Waals surface area contributed by atoms with E-state index in [1.54, 1.807) is 0 Å². The molecule has 0 unspecified atom stereocenters. The minimum atomic E-state index is -3.38. The van der Waals surface area contributed by atoms with Crippen LogP contribution in [-0.4, -0.2) is 25.9 Å². The highest BCUT2D eigenvalue weighted by atomic mass is 79.9. The van der Waals surface area contributed by atoms with Crippen molar-refractivity contribution < 1.29 is 18.4 Å². The third-order valence-corrected chi connectivity index (χ3v) is 6.57. The second-order valence-electron chi connectivity index (χ2n) is 4.36. The van der Waals surface area contributed by atoms with Crippen molar-refractivity contribution in [2.24, 2.45) is 0 Å². The van der Waals surface area contributed by atoms with E-state index in [4.69, 9.17) is 9.05 Å². The summed E-state index contributed by atoms with van der Waals surface area (Å²) in [5.41, 5.74) is 0.992. The lowest BCUT2D eigenvalue weighted by atomic mass is 10.1. The summed E-state index contributed by atoms with van der Waals surface area (Å²) in [7, 11) is -0.719. The molecule has 0 aromatic heterocycles. The number of carbonyl (C=O) groups excluding carboxylic acids is 1. The zero-order valence-electron chi connectivity index (χ0n) is 10.6. The van der Waals surface area contributed by atoms with Gasteiger partial charge in [0.25, 0.3) is 0 Å². The Bertz CT molecular complexity index is 513. The van der Waals surface area contributed by atoms with Crippen molar-refractivity contribution in [1.82, 2.24) is 5.32 Å². The van der Waals surface area contributed by atoms with E-state index in [0.717, 1.165) is 10.0 Å². The molecular weight excluding hydrogens is 333 g/mol. The van der Waals surface area contributed by atoms with Gasteiger partial charge in [0.2, 0.25) is 6.41 Å². The summed E-state index contributed by atoms with van der Waals surface area (Å²) in [6.45, 7) is 0. The van der Waals surface area contributed by atoms with E-state index in [0.29, 0.717) is 12.8 Å². The highest BCUT2D eigenvalue weighted by Crippen LogP contribution is 2.74. The molecule has 19 heavy (non-hydrogen) atoms. The van der Waals surface area contributed by atoms with E-state index in [-0.39, 0.29) is 5.92 Å². The second kappa shape index (κ2) is 5.37. The first-order valence-electron chi connectivity index (χ1n) is 5.71. The van der Waals surface area contributed by atoms with Crippen LogP contribution in [0.15, 0.2) is 28.7 Å². The van der Waals surface area contributed by atoms with Crippen LogP contribution in [0, 0.1) is 0 Å². The molecule has 0 radical (unpaired) electrons. The van der Waals surface area contributed by atoms with Gasteiger partial charge in [-0.15, -0.1) is 0 Å². The van der Waals surface area contributed by atoms with Crippen LogP contribution in [0.1, 0.15) is 17.9 Å². The SMILES string of the molecule is COP(=O)(OC)[C@]1(NC=O)C[C@@H]1c1ccc(Br)cc1. The number of hydrogen-bond donors (Lipinski definition) is 1. The highest BCUT2D eigenvalue weighted by Gasteiger charge is 2.68.